The fourth-order valence-electron chi connectivity index (χ4n) is 2.25. The van der Waals surface area contributed by atoms with Crippen molar-refractivity contribution in [2.75, 3.05) is 0 Å². The quantitative estimate of drug-likeness (QED) is 0.861. The van der Waals surface area contributed by atoms with Gasteiger partial charge in [0.05, 0.1) is 11.6 Å². The first kappa shape index (κ1) is 13.4. The van der Waals surface area contributed by atoms with Gasteiger partial charge in [0, 0.05) is 17.5 Å². The average molecular weight is 260 g/mol. The topological polar surface area (TPSA) is 28.7 Å². The van der Waals surface area contributed by atoms with Crippen LogP contribution in [0.4, 0.5) is 13.2 Å². The number of H-pyrrole nitrogens is 1. The van der Waals surface area contributed by atoms with Crippen molar-refractivity contribution in [3.8, 4) is 0 Å². The zero-order chi connectivity index (χ0) is 13.6. The fourth-order valence-corrected chi connectivity index (χ4v) is 2.25. The van der Waals surface area contributed by atoms with Crippen LogP contribution in [0.1, 0.15) is 50.8 Å². The number of nitrogens with one attached hydrogen (secondary N) is 1. The highest BCUT2D eigenvalue weighted by Gasteiger charge is 2.42. The predicted octanol–water partition coefficient (Wildman–Crippen LogP) is 3.76. The molecule has 0 aromatic carbocycles. The molecule has 1 unspecified atom stereocenters. The number of halogens is 3. The molecular weight excluding hydrogens is 241 g/mol. The van der Waals surface area contributed by atoms with Gasteiger partial charge in [-0.2, -0.15) is 13.2 Å². The van der Waals surface area contributed by atoms with E-state index in [1.807, 2.05) is 0 Å². The average Bonchev–Trinajstić information content (AvgIpc) is 2.71. The molecule has 2 rings (SSSR count). The Labute approximate surface area is 105 Å². The van der Waals surface area contributed by atoms with E-state index in [2.05, 4.69) is 30.7 Å². The Hall–Kier alpha value is -1.00. The Bertz CT molecular complexity index is 432. The Balaban J connectivity index is 2.25. The van der Waals surface area contributed by atoms with Gasteiger partial charge in [0.1, 0.15) is 5.82 Å². The molecule has 0 saturated heterocycles. The molecule has 1 heterocycles. The molecule has 0 spiro atoms. The molecule has 2 nitrogen and oxygen atoms in total. The van der Waals surface area contributed by atoms with Crippen LogP contribution in [0.5, 0.6) is 0 Å². The SMILES string of the molecule is CCC(C)(C)c1nc2c([nH]1)CC(C(F)(F)F)CC2. The number of aryl methyl sites for hydroxylation is 1. The molecule has 18 heavy (non-hydrogen) atoms. The number of fused-ring (bicyclic) bond motifs is 1. The normalized spacial score (nSPS) is 20.9. The van der Waals surface area contributed by atoms with Crippen molar-refractivity contribution < 1.29 is 13.2 Å². The maximum absolute atomic E-state index is 12.7. The van der Waals surface area contributed by atoms with Crippen molar-refractivity contribution in [1.82, 2.24) is 9.97 Å². The van der Waals surface area contributed by atoms with Crippen molar-refractivity contribution in [2.24, 2.45) is 5.92 Å². The van der Waals surface area contributed by atoms with Gasteiger partial charge < -0.3 is 4.98 Å². The van der Waals surface area contributed by atoms with E-state index in [0.717, 1.165) is 17.9 Å². The van der Waals surface area contributed by atoms with Crippen molar-refractivity contribution in [3.63, 3.8) is 0 Å². The summed E-state index contributed by atoms with van der Waals surface area (Å²) in [6, 6.07) is 0. The molecule has 5 heteroatoms. The van der Waals surface area contributed by atoms with Crippen LogP contribution < -0.4 is 0 Å². The van der Waals surface area contributed by atoms with Crippen LogP contribution in [-0.2, 0) is 18.3 Å². The summed E-state index contributed by atoms with van der Waals surface area (Å²) >= 11 is 0. The zero-order valence-corrected chi connectivity index (χ0v) is 11.0. The summed E-state index contributed by atoms with van der Waals surface area (Å²) in [6.45, 7) is 6.16. The van der Waals surface area contributed by atoms with Gasteiger partial charge >= 0.3 is 6.18 Å². The molecule has 1 aromatic rings. The van der Waals surface area contributed by atoms with Gasteiger partial charge in [-0.1, -0.05) is 20.8 Å². The predicted molar refractivity (Wildman–Crippen MR) is 63.5 cm³/mol. The van der Waals surface area contributed by atoms with Gasteiger partial charge in [-0.05, 0) is 19.3 Å². The monoisotopic (exact) mass is 260 g/mol. The third-order valence-electron chi connectivity index (χ3n) is 4.03. The number of aromatic nitrogens is 2. The Morgan fingerprint density at radius 3 is 2.56 bits per heavy atom. The van der Waals surface area contributed by atoms with Gasteiger partial charge in [-0.15, -0.1) is 0 Å². The summed E-state index contributed by atoms with van der Waals surface area (Å²) in [4.78, 5) is 7.60. The standard InChI is InChI=1S/C13H19F3N2/c1-4-12(2,3)11-17-9-6-5-8(13(14,15)16)7-10(9)18-11/h8H,4-7H2,1-3H3,(H,17,18). The smallest absolute Gasteiger partial charge is 0.345 e. The second-order valence-corrected chi connectivity index (χ2v) is 5.73. The van der Waals surface area contributed by atoms with Crippen LogP contribution in [-0.4, -0.2) is 16.1 Å². The van der Waals surface area contributed by atoms with E-state index in [4.69, 9.17) is 0 Å². The minimum absolute atomic E-state index is 0.0472. The molecule has 1 N–H and O–H groups in total. The van der Waals surface area contributed by atoms with Gasteiger partial charge in [0.15, 0.2) is 0 Å². The lowest BCUT2D eigenvalue weighted by Crippen LogP contribution is -2.28. The third kappa shape index (κ3) is 2.40. The first-order valence-electron chi connectivity index (χ1n) is 6.39. The molecule has 1 aliphatic rings. The summed E-state index contributed by atoms with van der Waals surface area (Å²) in [5.74, 6) is -0.402. The van der Waals surface area contributed by atoms with Crippen molar-refractivity contribution in [2.45, 2.75) is 58.0 Å². The largest absolute Gasteiger partial charge is 0.392 e. The molecule has 0 saturated carbocycles. The highest BCUT2D eigenvalue weighted by atomic mass is 19.4. The van der Waals surface area contributed by atoms with Crippen LogP contribution in [0.25, 0.3) is 0 Å². The van der Waals surface area contributed by atoms with E-state index in [0.29, 0.717) is 12.1 Å². The van der Waals surface area contributed by atoms with Crippen LogP contribution in [0.15, 0.2) is 0 Å². The maximum Gasteiger partial charge on any atom is 0.392 e. The minimum atomic E-state index is -4.09. The summed E-state index contributed by atoms with van der Waals surface area (Å²) in [5, 5.41) is 0. The summed E-state index contributed by atoms with van der Waals surface area (Å²) < 4.78 is 38.1. The molecule has 1 aromatic heterocycles. The highest BCUT2D eigenvalue weighted by molar-refractivity contribution is 5.22. The van der Waals surface area contributed by atoms with E-state index >= 15 is 0 Å². The van der Waals surface area contributed by atoms with E-state index in [1.165, 1.54) is 0 Å². The molecular formula is C13H19F3N2. The number of alkyl halides is 3. The van der Waals surface area contributed by atoms with Crippen LogP contribution in [0.2, 0.25) is 0 Å². The van der Waals surface area contributed by atoms with Gasteiger partial charge in [-0.25, -0.2) is 4.98 Å². The van der Waals surface area contributed by atoms with Gasteiger partial charge in [0.25, 0.3) is 0 Å². The lowest BCUT2D eigenvalue weighted by atomic mass is 9.89. The van der Waals surface area contributed by atoms with Crippen LogP contribution in [0.3, 0.4) is 0 Å². The molecule has 0 aliphatic heterocycles. The van der Waals surface area contributed by atoms with Crippen LogP contribution >= 0.6 is 0 Å². The number of aromatic amines is 1. The molecule has 0 fully saturated rings. The maximum atomic E-state index is 12.7. The number of hydrogen-bond donors (Lipinski definition) is 1. The van der Waals surface area contributed by atoms with Gasteiger partial charge in [0.2, 0.25) is 0 Å². The van der Waals surface area contributed by atoms with Crippen molar-refractivity contribution in [1.29, 1.82) is 0 Å². The number of nitrogens with zero attached hydrogens (tertiary/aromatic N) is 1. The van der Waals surface area contributed by atoms with E-state index < -0.39 is 12.1 Å². The minimum Gasteiger partial charge on any atom is -0.345 e. The number of hydrogen-bond acceptors (Lipinski definition) is 1. The van der Waals surface area contributed by atoms with Crippen LogP contribution in [0, 0.1) is 5.92 Å². The Morgan fingerprint density at radius 1 is 1.33 bits per heavy atom. The fraction of sp³-hybridized carbons (Fsp3) is 0.769. The molecule has 0 radical (unpaired) electrons. The molecule has 0 amide bonds. The molecule has 1 aliphatic carbocycles. The second-order valence-electron chi connectivity index (χ2n) is 5.73. The van der Waals surface area contributed by atoms with E-state index in [-0.39, 0.29) is 18.3 Å². The summed E-state index contributed by atoms with van der Waals surface area (Å²) in [5.41, 5.74) is 1.40. The van der Waals surface area contributed by atoms with Crippen molar-refractivity contribution in [3.05, 3.63) is 17.2 Å². The lowest BCUT2D eigenvalue weighted by molar-refractivity contribution is -0.177. The van der Waals surface area contributed by atoms with Gasteiger partial charge in [-0.3, -0.25) is 0 Å². The third-order valence-corrected chi connectivity index (χ3v) is 4.03. The van der Waals surface area contributed by atoms with E-state index in [9.17, 15) is 13.2 Å². The lowest BCUT2D eigenvalue weighted by Gasteiger charge is -2.23. The number of imidazole rings is 1. The second kappa shape index (κ2) is 4.28. The zero-order valence-electron chi connectivity index (χ0n) is 11.0. The Morgan fingerprint density at radius 2 is 2.00 bits per heavy atom. The number of rotatable bonds is 2. The molecule has 102 valence electrons. The summed E-state index contributed by atoms with van der Waals surface area (Å²) in [6.07, 6.45) is -2.56. The van der Waals surface area contributed by atoms with E-state index in [1.54, 1.807) is 0 Å². The first-order valence-corrected chi connectivity index (χ1v) is 6.39. The Kier molecular flexibility index (Phi) is 3.19. The molecule has 0 bridgehead atoms. The first-order chi connectivity index (χ1) is 8.24. The molecule has 1 atom stereocenters. The van der Waals surface area contributed by atoms with Crippen molar-refractivity contribution >= 4 is 0 Å². The highest BCUT2D eigenvalue weighted by Crippen LogP contribution is 2.37. The summed E-state index contributed by atoms with van der Waals surface area (Å²) in [7, 11) is 0.